The van der Waals surface area contributed by atoms with E-state index < -0.39 is 10.0 Å². The number of benzene rings is 2. The van der Waals surface area contributed by atoms with Gasteiger partial charge in [-0.1, -0.05) is 36.4 Å². The van der Waals surface area contributed by atoms with E-state index in [0.29, 0.717) is 23.7 Å². The predicted octanol–water partition coefficient (Wildman–Crippen LogP) is 2.93. The highest BCUT2D eigenvalue weighted by Gasteiger charge is 2.21. The van der Waals surface area contributed by atoms with Crippen molar-refractivity contribution in [3.63, 3.8) is 0 Å². The van der Waals surface area contributed by atoms with Crippen LogP contribution in [0.3, 0.4) is 0 Å². The molecule has 2 aromatic carbocycles. The van der Waals surface area contributed by atoms with Gasteiger partial charge in [0, 0.05) is 5.69 Å². The van der Waals surface area contributed by atoms with Crippen molar-refractivity contribution in [1.82, 2.24) is 4.90 Å². The third-order valence-corrected chi connectivity index (χ3v) is 6.59. The Morgan fingerprint density at radius 3 is 2.48 bits per heavy atom. The molecule has 1 aliphatic heterocycles. The molecule has 1 saturated heterocycles. The number of sulfonamides is 1. The molecule has 156 valence electrons. The summed E-state index contributed by atoms with van der Waals surface area (Å²) < 4.78 is 23.3. The molecule has 1 fully saturated rings. The second-order valence-corrected chi connectivity index (χ2v) is 9.35. The van der Waals surface area contributed by atoms with Crippen LogP contribution in [0.4, 0.5) is 5.69 Å². The molecule has 0 radical (unpaired) electrons. The Morgan fingerprint density at radius 1 is 1.14 bits per heavy atom. The topological polar surface area (TPSA) is 92.5 Å². The number of hydrogen-bond acceptors (Lipinski definition) is 4. The Hall–Kier alpha value is -2.22. The summed E-state index contributed by atoms with van der Waals surface area (Å²) in [6.45, 7) is 3.80. The average Bonchev–Trinajstić information content (AvgIpc) is 2.69. The molecule has 0 unspecified atom stereocenters. The van der Waals surface area contributed by atoms with E-state index in [2.05, 4.69) is 34.5 Å². The highest BCUT2D eigenvalue weighted by Crippen LogP contribution is 2.23. The van der Waals surface area contributed by atoms with Crippen LogP contribution >= 0.6 is 0 Å². The summed E-state index contributed by atoms with van der Waals surface area (Å²) in [6.07, 6.45) is 4.48. The molecule has 0 bridgehead atoms. The number of anilines is 1. The molecule has 1 heterocycles. The van der Waals surface area contributed by atoms with Crippen LogP contribution in [0.25, 0.3) is 0 Å². The molecule has 3 N–H and O–H groups in total. The van der Waals surface area contributed by atoms with Crippen LogP contribution in [0.15, 0.2) is 53.4 Å². The molecule has 7 heteroatoms. The van der Waals surface area contributed by atoms with E-state index in [9.17, 15) is 13.2 Å². The zero-order chi connectivity index (χ0) is 20.9. The Balaban J connectivity index is 1.45. The van der Waals surface area contributed by atoms with Gasteiger partial charge in [0.05, 0.1) is 11.4 Å². The van der Waals surface area contributed by atoms with Crippen molar-refractivity contribution in [2.24, 2.45) is 11.1 Å². The molecular weight excluding hydrogens is 386 g/mol. The first kappa shape index (κ1) is 21.5. The van der Waals surface area contributed by atoms with Crippen molar-refractivity contribution in [3.8, 4) is 0 Å². The van der Waals surface area contributed by atoms with Gasteiger partial charge in [-0.05, 0) is 74.9 Å². The minimum Gasteiger partial charge on any atom is -0.325 e. The molecule has 2 aromatic rings. The maximum absolute atomic E-state index is 12.4. The number of aryl methyl sites for hydroxylation is 2. The third kappa shape index (κ3) is 6.39. The number of nitrogens with one attached hydrogen (secondary N) is 1. The molecule has 1 aliphatic rings. The second-order valence-electron chi connectivity index (χ2n) is 7.82. The van der Waals surface area contributed by atoms with Crippen molar-refractivity contribution < 1.29 is 13.2 Å². The summed E-state index contributed by atoms with van der Waals surface area (Å²) in [4.78, 5) is 14.6. The summed E-state index contributed by atoms with van der Waals surface area (Å²) in [7, 11) is -3.81. The lowest BCUT2D eigenvalue weighted by atomic mass is 9.90. The van der Waals surface area contributed by atoms with Gasteiger partial charge in [-0.2, -0.15) is 0 Å². The number of carbonyl (C=O) groups is 1. The number of nitrogens with zero attached hydrogens (tertiary/aromatic N) is 1. The fraction of sp³-hybridized carbons (Fsp3) is 0.409. The maximum atomic E-state index is 12.4. The molecule has 3 rings (SSSR count). The largest absolute Gasteiger partial charge is 0.325 e. The lowest BCUT2D eigenvalue weighted by molar-refractivity contribution is -0.117. The Labute approximate surface area is 173 Å². The van der Waals surface area contributed by atoms with Gasteiger partial charge in [0.2, 0.25) is 15.9 Å². The average molecular weight is 416 g/mol. The van der Waals surface area contributed by atoms with Gasteiger partial charge < -0.3 is 5.32 Å². The molecular formula is C22H29N3O3S. The Morgan fingerprint density at radius 2 is 1.83 bits per heavy atom. The van der Waals surface area contributed by atoms with E-state index in [1.165, 1.54) is 18.1 Å². The third-order valence-electron chi connectivity index (χ3n) is 5.54. The number of nitrogens with two attached hydrogens (primary N) is 1. The lowest BCUT2D eigenvalue weighted by Crippen LogP contribution is -2.39. The van der Waals surface area contributed by atoms with Gasteiger partial charge in [0.15, 0.2) is 0 Å². The fourth-order valence-electron chi connectivity index (χ4n) is 3.84. The number of rotatable bonds is 7. The zero-order valence-electron chi connectivity index (χ0n) is 16.8. The summed E-state index contributed by atoms with van der Waals surface area (Å²) in [5.74, 6) is 0.556. The van der Waals surface area contributed by atoms with E-state index >= 15 is 0 Å². The maximum Gasteiger partial charge on any atom is 0.238 e. The van der Waals surface area contributed by atoms with Crippen LogP contribution in [0.2, 0.25) is 0 Å². The zero-order valence-corrected chi connectivity index (χ0v) is 17.6. The smallest absolute Gasteiger partial charge is 0.238 e. The van der Waals surface area contributed by atoms with Gasteiger partial charge in [0.25, 0.3) is 0 Å². The van der Waals surface area contributed by atoms with Crippen LogP contribution in [0.5, 0.6) is 0 Å². The quantitative estimate of drug-likeness (QED) is 0.727. The summed E-state index contributed by atoms with van der Waals surface area (Å²) in [5, 5.41) is 8.02. The van der Waals surface area contributed by atoms with E-state index in [0.717, 1.165) is 32.4 Å². The number of carbonyl (C=O) groups excluding carboxylic acids is 1. The minimum absolute atomic E-state index is 0.0366. The number of likely N-dealkylation sites (tertiary alicyclic amines) is 1. The van der Waals surface area contributed by atoms with Crippen LogP contribution in [0, 0.1) is 12.8 Å². The van der Waals surface area contributed by atoms with Crippen LogP contribution in [-0.2, 0) is 21.2 Å². The summed E-state index contributed by atoms with van der Waals surface area (Å²) in [6, 6.07) is 15.3. The van der Waals surface area contributed by atoms with Gasteiger partial charge in [-0.15, -0.1) is 0 Å². The van der Waals surface area contributed by atoms with Crippen molar-refractivity contribution in [2.45, 2.75) is 37.5 Å². The number of primary sulfonamides is 1. The number of piperidine rings is 1. The van der Waals surface area contributed by atoms with Crippen LogP contribution in [-0.4, -0.2) is 38.9 Å². The lowest BCUT2D eigenvalue weighted by Gasteiger charge is -2.31. The van der Waals surface area contributed by atoms with E-state index in [-0.39, 0.29) is 10.8 Å². The van der Waals surface area contributed by atoms with Gasteiger partial charge in [0.1, 0.15) is 0 Å². The first-order valence-corrected chi connectivity index (χ1v) is 11.6. The summed E-state index contributed by atoms with van der Waals surface area (Å²) in [5.41, 5.74) is 2.39. The van der Waals surface area contributed by atoms with E-state index in [4.69, 9.17) is 5.14 Å². The van der Waals surface area contributed by atoms with E-state index in [1.54, 1.807) is 19.1 Å². The predicted molar refractivity (Wildman–Crippen MR) is 115 cm³/mol. The second kappa shape index (κ2) is 9.52. The molecule has 0 spiro atoms. The van der Waals surface area contributed by atoms with Crippen molar-refractivity contribution in [2.75, 3.05) is 25.0 Å². The summed E-state index contributed by atoms with van der Waals surface area (Å²) >= 11 is 0. The van der Waals surface area contributed by atoms with Crippen molar-refractivity contribution >= 4 is 21.6 Å². The standard InChI is InChI=1S/C22H29N3O3S/c1-17-7-10-20(15-21(17)29(23,27)28)24-22(26)16-25-13-11-19(12-14-25)9-8-18-5-3-2-4-6-18/h2-7,10,15,19H,8-9,11-14,16H2,1H3,(H,24,26)(H2,23,27,28). The molecule has 0 aromatic heterocycles. The fourth-order valence-corrected chi connectivity index (χ4v) is 4.64. The SMILES string of the molecule is Cc1ccc(NC(=O)CN2CCC(CCc3ccccc3)CC2)cc1S(N)(=O)=O. The number of hydrogen-bond donors (Lipinski definition) is 2. The van der Waals surface area contributed by atoms with Crippen molar-refractivity contribution in [3.05, 3.63) is 59.7 Å². The van der Waals surface area contributed by atoms with Crippen molar-refractivity contribution in [1.29, 1.82) is 0 Å². The van der Waals surface area contributed by atoms with Crippen LogP contribution in [0.1, 0.15) is 30.4 Å². The first-order chi connectivity index (χ1) is 13.8. The normalized spacial score (nSPS) is 15.9. The van der Waals surface area contributed by atoms with E-state index in [1.807, 2.05) is 6.07 Å². The minimum atomic E-state index is -3.81. The molecule has 0 saturated carbocycles. The van der Waals surface area contributed by atoms with Crippen LogP contribution < -0.4 is 10.5 Å². The Kier molecular flexibility index (Phi) is 7.05. The highest BCUT2D eigenvalue weighted by molar-refractivity contribution is 7.89. The molecule has 29 heavy (non-hydrogen) atoms. The number of amides is 1. The molecule has 0 aliphatic carbocycles. The monoisotopic (exact) mass is 415 g/mol. The molecule has 0 atom stereocenters. The Bertz CT molecular complexity index is 937. The molecule has 1 amide bonds. The van der Waals surface area contributed by atoms with Gasteiger partial charge in [-0.3, -0.25) is 9.69 Å². The van der Waals surface area contributed by atoms with Gasteiger partial charge >= 0.3 is 0 Å². The highest BCUT2D eigenvalue weighted by atomic mass is 32.2. The molecule has 6 nitrogen and oxygen atoms in total. The first-order valence-electron chi connectivity index (χ1n) is 10.0. The van der Waals surface area contributed by atoms with Gasteiger partial charge in [-0.25, -0.2) is 13.6 Å².